The van der Waals surface area contributed by atoms with Gasteiger partial charge in [-0.25, -0.2) is 0 Å². The van der Waals surface area contributed by atoms with Gasteiger partial charge in [0.1, 0.15) is 0 Å². The third kappa shape index (κ3) is 1.06. The van der Waals surface area contributed by atoms with Crippen LogP contribution in [0, 0.1) is 0 Å². The second kappa shape index (κ2) is 2.51. The molecule has 2 fully saturated rings. The average Bonchev–Trinajstić information content (AvgIpc) is 2.33. The molecule has 58 valence electrons. The van der Waals surface area contributed by atoms with Crippen LogP contribution in [0.4, 0.5) is 0 Å². The van der Waals surface area contributed by atoms with Crippen molar-refractivity contribution < 1.29 is 5.11 Å². The predicted octanol–water partition coefficient (Wildman–Crippen LogP) is 0.605. The summed E-state index contributed by atoms with van der Waals surface area (Å²) in [5.41, 5.74) is 0. The molecule has 1 N–H and O–H groups in total. The number of nitrogens with zero attached hydrogens (tertiary/aromatic N) is 1. The fraction of sp³-hybridized carbons (Fsp3) is 1.00. The molecule has 2 heteroatoms. The lowest BCUT2D eigenvalue weighted by Gasteiger charge is -2.32. The number of fused-ring (bicyclic) bond motifs is 1. The van der Waals surface area contributed by atoms with Crippen LogP contribution in [-0.2, 0) is 0 Å². The lowest BCUT2D eigenvalue weighted by atomic mass is 10.0. The first-order chi connectivity index (χ1) is 4.86. The number of aliphatic hydroxyl groups is 1. The van der Waals surface area contributed by atoms with Gasteiger partial charge in [0.2, 0.25) is 0 Å². The molecular weight excluding hydrogens is 126 g/mol. The monoisotopic (exact) mass is 141 g/mol. The fourth-order valence-corrected chi connectivity index (χ4v) is 2.21. The van der Waals surface area contributed by atoms with Crippen LogP contribution < -0.4 is 0 Å². The van der Waals surface area contributed by atoms with Crippen molar-refractivity contribution in [1.29, 1.82) is 0 Å². The van der Waals surface area contributed by atoms with Crippen molar-refractivity contribution in [2.24, 2.45) is 0 Å². The Kier molecular flexibility index (Phi) is 1.66. The Morgan fingerprint density at radius 2 is 2.10 bits per heavy atom. The van der Waals surface area contributed by atoms with Crippen molar-refractivity contribution in [3.05, 3.63) is 0 Å². The third-order valence-corrected chi connectivity index (χ3v) is 2.78. The van der Waals surface area contributed by atoms with Gasteiger partial charge in [-0.1, -0.05) is 0 Å². The molecule has 0 spiro atoms. The Hall–Kier alpha value is -0.0800. The molecule has 0 amide bonds. The zero-order valence-corrected chi connectivity index (χ0v) is 6.29. The van der Waals surface area contributed by atoms with E-state index < -0.39 is 0 Å². The highest BCUT2D eigenvalue weighted by molar-refractivity contribution is 4.85. The molecule has 2 rings (SSSR count). The summed E-state index contributed by atoms with van der Waals surface area (Å²) in [5.74, 6) is 0. The first-order valence-corrected chi connectivity index (χ1v) is 4.28. The van der Waals surface area contributed by atoms with Gasteiger partial charge < -0.3 is 5.11 Å². The first-order valence-electron chi connectivity index (χ1n) is 4.28. The number of hydrogen-bond acceptors (Lipinski definition) is 2. The van der Waals surface area contributed by atoms with E-state index >= 15 is 0 Å². The van der Waals surface area contributed by atoms with Crippen LogP contribution in [-0.4, -0.2) is 35.2 Å². The Bertz CT molecular complexity index is 126. The van der Waals surface area contributed by atoms with Gasteiger partial charge in [0.05, 0.1) is 6.10 Å². The second-order valence-electron chi connectivity index (χ2n) is 3.52. The highest BCUT2D eigenvalue weighted by atomic mass is 16.3. The minimum Gasteiger partial charge on any atom is -0.392 e. The van der Waals surface area contributed by atoms with Gasteiger partial charge in [-0.05, 0) is 32.2 Å². The summed E-state index contributed by atoms with van der Waals surface area (Å²) in [5, 5.41) is 9.31. The number of aliphatic hydroxyl groups excluding tert-OH is 1. The van der Waals surface area contributed by atoms with Gasteiger partial charge in [-0.3, -0.25) is 4.90 Å². The van der Waals surface area contributed by atoms with E-state index in [9.17, 15) is 5.11 Å². The molecule has 2 unspecified atom stereocenters. The molecule has 0 radical (unpaired) electrons. The second-order valence-corrected chi connectivity index (χ2v) is 3.52. The van der Waals surface area contributed by atoms with Gasteiger partial charge in [-0.15, -0.1) is 0 Å². The lowest BCUT2D eigenvalue weighted by Crippen LogP contribution is -2.41. The van der Waals surface area contributed by atoms with E-state index in [2.05, 4.69) is 4.90 Å². The molecule has 10 heavy (non-hydrogen) atoms. The zero-order chi connectivity index (χ0) is 6.97. The van der Waals surface area contributed by atoms with Crippen molar-refractivity contribution in [1.82, 2.24) is 4.90 Å². The molecular formula is C8H15NO. The molecule has 2 nitrogen and oxygen atoms in total. The van der Waals surface area contributed by atoms with Crippen LogP contribution in [0.5, 0.6) is 0 Å². The summed E-state index contributed by atoms with van der Waals surface area (Å²) < 4.78 is 0. The van der Waals surface area contributed by atoms with Crippen molar-refractivity contribution in [3.8, 4) is 0 Å². The maximum absolute atomic E-state index is 9.31. The standard InChI is InChI=1S/C8H15NO/c10-8-4-3-7-2-1-5-9(7)6-8/h7-8,10H,1-6H2. The quantitative estimate of drug-likeness (QED) is 0.534. The van der Waals surface area contributed by atoms with Gasteiger partial charge in [0, 0.05) is 12.6 Å². The summed E-state index contributed by atoms with van der Waals surface area (Å²) in [6.07, 6.45) is 4.93. The highest BCUT2D eigenvalue weighted by Gasteiger charge is 2.30. The van der Waals surface area contributed by atoms with Crippen molar-refractivity contribution in [3.63, 3.8) is 0 Å². The molecule has 2 saturated heterocycles. The van der Waals surface area contributed by atoms with E-state index in [0.29, 0.717) is 0 Å². The summed E-state index contributed by atoms with van der Waals surface area (Å²) in [6, 6.07) is 0.823. The number of piperidine rings is 1. The Balaban J connectivity index is 1.96. The van der Waals surface area contributed by atoms with Gasteiger partial charge >= 0.3 is 0 Å². The van der Waals surface area contributed by atoms with E-state index in [-0.39, 0.29) is 6.10 Å². The van der Waals surface area contributed by atoms with Crippen LogP contribution in [0.3, 0.4) is 0 Å². The van der Waals surface area contributed by atoms with Crippen molar-refractivity contribution in [2.45, 2.75) is 37.8 Å². The molecule has 0 aromatic rings. The molecule has 0 aromatic carbocycles. The first kappa shape index (κ1) is 6.62. The zero-order valence-electron chi connectivity index (χ0n) is 6.29. The average molecular weight is 141 g/mol. The summed E-state index contributed by atoms with van der Waals surface area (Å²) >= 11 is 0. The van der Waals surface area contributed by atoms with Crippen LogP contribution >= 0.6 is 0 Å². The smallest absolute Gasteiger partial charge is 0.0667 e. The molecule has 0 bridgehead atoms. The van der Waals surface area contributed by atoms with Crippen LogP contribution in [0.2, 0.25) is 0 Å². The minimum atomic E-state index is -0.0330. The van der Waals surface area contributed by atoms with Gasteiger partial charge in [-0.2, -0.15) is 0 Å². The van der Waals surface area contributed by atoms with E-state index in [1.54, 1.807) is 0 Å². The van der Waals surface area contributed by atoms with E-state index in [0.717, 1.165) is 19.0 Å². The Morgan fingerprint density at radius 3 is 3.00 bits per heavy atom. The van der Waals surface area contributed by atoms with Crippen LogP contribution in [0.25, 0.3) is 0 Å². The Morgan fingerprint density at radius 1 is 1.20 bits per heavy atom. The maximum Gasteiger partial charge on any atom is 0.0667 e. The summed E-state index contributed by atoms with van der Waals surface area (Å²) in [7, 11) is 0. The summed E-state index contributed by atoms with van der Waals surface area (Å²) in [6.45, 7) is 2.16. The van der Waals surface area contributed by atoms with E-state index in [1.807, 2.05) is 0 Å². The molecule has 2 aliphatic heterocycles. The van der Waals surface area contributed by atoms with Crippen molar-refractivity contribution >= 4 is 0 Å². The number of hydrogen-bond donors (Lipinski definition) is 1. The number of rotatable bonds is 0. The van der Waals surface area contributed by atoms with E-state index in [1.165, 1.54) is 25.8 Å². The molecule has 0 aliphatic carbocycles. The third-order valence-electron chi connectivity index (χ3n) is 2.78. The van der Waals surface area contributed by atoms with Crippen LogP contribution in [0.1, 0.15) is 25.7 Å². The van der Waals surface area contributed by atoms with Gasteiger partial charge in [0.25, 0.3) is 0 Å². The molecule has 2 aliphatic rings. The molecule has 2 heterocycles. The molecule has 2 atom stereocenters. The fourth-order valence-electron chi connectivity index (χ4n) is 2.21. The minimum absolute atomic E-state index is 0.0330. The maximum atomic E-state index is 9.31. The van der Waals surface area contributed by atoms with Crippen molar-refractivity contribution in [2.75, 3.05) is 13.1 Å². The topological polar surface area (TPSA) is 23.5 Å². The predicted molar refractivity (Wildman–Crippen MR) is 39.8 cm³/mol. The summed E-state index contributed by atoms with van der Waals surface area (Å²) in [4.78, 5) is 2.44. The highest BCUT2D eigenvalue weighted by Crippen LogP contribution is 2.26. The van der Waals surface area contributed by atoms with E-state index in [4.69, 9.17) is 0 Å². The molecule has 0 aromatic heterocycles. The molecule has 0 saturated carbocycles. The Labute approximate surface area is 61.8 Å². The SMILES string of the molecule is OC1CCC2CCCN2C1. The van der Waals surface area contributed by atoms with Crippen LogP contribution in [0.15, 0.2) is 0 Å². The van der Waals surface area contributed by atoms with Gasteiger partial charge in [0.15, 0.2) is 0 Å². The normalized spacial score (nSPS) is 41.7. The lowest BCUT2D eigenvalue weighted by molar-refractivity contribution is 0.0559. The largest absolute Gasteiger partial charge is 0.392 e.